The number of halogens is 1. The zero-order valence-corrected chi connectivity index (χ0v) is 29.0. The number of allylic oxidation sites excluding steroid dienone is 1. The summed E-state index contributed by atoms with van der Waals surface area (Å²) >= 11 is 4.11. The van der Waals surface area contributed by atoms with Gasteiger partial charge in [0.05, 0.1) is 23.8 Å². The Morgan fingerprint density at radius 1 is 0.920 bits per heavy atom. The zero-order chi connectivity index (χ0) is 35.5. The number of rotatable bonds is 14. The van der Waals surface area contributed by atoms with Crippen molar-refractivity contribution >= 4 is 56.5 Å². The second-order valence-corrected chi connectivity index (χ2v) is 12.5. The second kappa shape index (κ2) is 17.6. The lowest BCUT2D eigenvalue weighted by Gasteiger charge is -2.47. The van der Waals surface area contributed by atoms with Crippen molar-refractivity contribution < 1.29 is 43.0 Å². The fourth-order valence-corrected chi connectivity index (χ4v) is 6.68. The Balaban J connectivity index is 1.40. The van der Waals surface area contributed by atoms with Gasteiger partial charge in [0.25, 0.3) is 17.5 Å². The van der Waals surface area contributed by atoms with Crippen LogP contribution in [-0.4, -0.2) is 87.5 Å². The number of hydrogen-bond donors (Lipinski definition) is 1. The molecule has 0 aliphatic carbocycles. The molecule has 2 aliphatic heterocycles. The Hall–Kier alpha value is -4.93. The molecular formula is C34H33BrN4O10S. The third-order valence-electron chi connectivity index (χ3n) is 7.63. The average molecular weight is 770 g/mol. The molecule has 262 valence electrons. The Morgan fingerprint density at radius 2 is 1.54 bits per heavy atom. The van der Waals surface area contributed by atoms with Crippen LogP contribution >= 0.6 is 27.7 Å². The first-order valence-electron chi connectivity index (χ1n) is 15.4. The van der Waals surface area contributed by atoms with Gasteiger partial charge in [-0.1, -0.05) is 64.5 Å². The highest BCUT2D eigenvalue weighted by atomic mass is 79.9. The van der Waals surface area contributed by atoms with Gasteiger partial charge in [0.1, 0.15) is 30.4 Å². The molecule has 3 aromatic carbocycles. The van der Waals surface area contributed by atoms with Gasteiger partial charge in [-0.2, -0.15) is 0 Å². The number of nitrogens with zero attached hydrogens (tertiary/aromatic N) is 3. The molecule has 2 unspecified atom stereocenters. The lowest BCUT2D eigenvalue weighted by atomic mass is 10.0. The molecule has 2 saturated heterocycles. The first-order chi connectivity index (χ1) is 24.2. The topological polar surface area (TPSA) is 167 Å². The normalized spacial score (nSPS) is 17.6. The third kappa shape index (κ3) is 9.40. The van der Waals surface area contributed by atoms with Crippen molar-refractivity contribution in [3.05, 3.63) is 118 Å². The molecule has 0 spiro atoms. The molecule has 14 nitrogen and oxygen atoms in total. The largest absolute Gasteiger partial charge is 0.484 e. The summed E-state index contributed by atoms with van der Waals surface area (Å²) < 4.78 is 22.2. The van der Waals surface area contributed by atoms with Gasteiger partial charge in [-0.05, 0) is 47.2 Å². The van der Waals surface area contributed by atoms with Crippen LogP contribution in [0.5, 0.6) is 5.75 Å². The van der Waals surface area contributed by atoms with Crippen LogP contribution < -0.4 is 10.1 Å². The standard InChI is InChI=1S/C34H33BrN4O10S/c35-19-27(37-15-17-46-18-16-37)30(33(42)48-20-24-11-13-25(14-12-24)39(44)45)38-31(41)29(36-28(40)22-47-26-9-5-2-6-10-26)32(38)50-34(43)49-21-23-7-3-1-4-8-23/h1-14,29,32H,15-22H2,(H,36,40)/b30-27-. The number of nitro benzene ring substituents is 1. The van der Waals surface area contributed by atoms with Crippen LogP contribution in [0, 0.1) is 10.1 Å². The summed E-state index contributed by atoms with van der Waals surface area (Å²) in [4.78, 5) is 67.6. The van der Waals surface area contributed by atoms with E-state index in [1.165, 1.54) is 24.3 Å². The van der Waals surface area contributed by atoms with Crippen molar-refractivity contribution in [1.82, 2.24) is 15.1 Å². The van der Waals surface area contributed by atoms with Gasteiger partial charge in [0, 0.05) is 30.6 Å². The number of nitro groups is 1. The van der Waals surface area contributed by atoms with Gasteiger partial charge in [-0.3, -0.25) is 24.6 Å². The molecule has 0 aromatic heterocycles. The number of carbonyl (C=O) groups excluding carboxylic acids is 4. The van der Waals surface area contributed by atoms with Crippen LogP contribution in [0.3, 0.4) is 0 Å². The summed E-state index contributed by atoms with van der Waals surface area (Å²) in [6.45, 7) is 0.889. The number of hydrogen-bond acceptors (Lipinski definition) is 12. The molecule has 2 heterocycles. The highest BCUT2D eigenvalue weighted by Crippen LogP contribution is 2.37. The molecule has 3 aromatic rings. The molecule has 2 atom stereocenters. The number of benzene rings is 3. The van der Waals surface area contributed by atoms with Crippen molar-refractivity contribution in [2.75, 3.05) is 38.2 Å². The van der Waals surface area contributed by atoms with E-state index in [1.807, 2.05) is 11.0 Å². The lowest BCUT2D eigenvalue weighted by molar-refractivity contribution is -0.384. The van der Waals surface area contributed by atoms with E-state index in [4.69, 9.17) is 18.9 Å². The van der Waals surface area contributed by atoms with Crippen LogP contribution in [0.4, 0.5) is 10.5 Å². The van der Waals surface area contributed by atoms with E-state index >= 15 is 0 Å². The van der Waals surface area contributed by atoms with Gasteiger partial charge < -0.3 is 29.2 Å². The van der Waals surface area contributed by atoms with E-state index in [0.29, 0.717) is 55.1 Å². The number of esters is 1. The van der Waals surface area contributed by atoms with Crippen molar-refractivity contribution in [1.29, 1.82) is 0 Å². The number of amides is 2. The molecule has 16 heteroatoms. The van der Waals surface area contributed by atoms with E-state index in [9.17, 15) is 29.3 Å². The monoisotopic (exact) mass is 768 g/mol. The highest BCUT2D eigenvalue weighted by molar-refractivity contribution is 9.09. The van der Waals surface area contributed by atoms with Crippen molar-refractivity contribution in [2.24, 2.45) is 0 Å². The zero-order valence-electron chi connectivity index (χ0n) is 26.6. The molecule has 0 radical (unpaired) electrons. The summed E-state index contributed by atoms with van der Waals surface area (Å²) in [6.07, 6.45) is 0. The Bertz CT molecular complexity index is 1710. The van der Waals surface area contributed by atoms with Gasteiger partial charge in [0.2, 0.25) is 0 Å². The quantitative estimate of drug-likeness (QED) is 0.0615. The number of para-hydroxylation sites is 1. The Kier molecular flexibility index (Phi) is 12.8. The first kappa shape index (κ1) is 36.4. The SMILES string of the molecule is O=C(COc1ccccc1)NC1C(=O)N(/C(C(=O)OCc2ccc([N+](=O)[O-])cc2)=C(/CBr)N2CCOCC2)C1SC(=O)OCc1ccccc1. The number of ether oxygens (including phenoxy) is 4. The fourth-order valence-electron chi connectivity index (χ4n) is 5.10. The predicted molar refractivity (Wildman–Crippen MR) is 185 cm³/mol. The van der Waals surface area contributed by atoms with Crippen LogP contribution in [0.15, 0.2) is 96.3 Å². The summed E-state index contributed by atoms with van der Waals surface area (Å²) in [7, 11) is 0. The average Bonchev–Trinajstić information content (AvgIpc) is 3.15. The number of carbonyl (C=O) groups is 4. The molecule has 2 aliphatic rings. The van der Waals surface area contributed by atoms with Gasteiger partial charge in [0.15, 0.2) is 12.3 Å². The van der Waals surface area contributed by atoms with E-state index < -0.39 is 46.0 Å². The number of β-lactam (4-membered cyclic amide) rings is 1. The van der Waals surface area contributed by atoms with E-state index in [2.05, 4.69) is 21.2 Å². The molecule has 2 fully saturated rings. The van der Waals surface area contributed by atoms with Crippen LogP contribution in [0.1, 0.15) is 11.1 Å². The molecule has 1 N–H and O–H groups in total. The second-order valence-electron chi connectivity index (χ2n) is 10.9. The first-order valence-corrected chi connectivity index (χ1v) is 17.4. The van der Waals surface area contributed by atoms with Crippen molar-refractivity contribution in [3.63, 3.8) is 0 Å². The summed E-state index contributed by atoms with van der Waals surface area (Å²) in [6, 6.07) is 22.0. The number of likely N-dealkylation sites (tertiary alicyclic amines) is 1. The molecule has 50 heavy (non-hydrogen) atoms. The van der Waals surface area contributed by atoms with Gasteiger partial charge >= 0.3 is 11.3 Å². The lowest BCUT2D eigenvalue weighted by Crippen LogP contribution is -2.70. The molecular weight excluding hydrogens is 736 g/mol. The number of alkyl halides is 1. The van der Waals surface area contributed by atoms with Crippen LogP contribution in [0.2, 0.25) is 0 Å². The minimum atomic E-state index is -1.21. The summed E-state index contributed by atoms with van der Waals surface area (Å²) in [5.41, 5.74) is 1.38. The number of morpholine rings is 1. The van der Waals surface area contributed by atoms with Crippen LogP contribution in [0.25, 0.3) is 0 Å². The molecule has 2 amide bonds. The summed E-state index contributed by atoms with van der Waals surface area (Å²) in [5.74, 6) is -1.69. The number of nitrogens with one attached hydrogen (secondary N) is 1. The van der Waals surface area contributed by atoms with E-state index in [1.54, 1.807) is 54.6 Å². The summed E-state index contributed by atoms with van der Waals surface area (Å²) in [5, 5.41) is 12.0. The Labute approximate surface area is 299 Å². The smallest absolute Gasteiger partial charge is 0.369 e. The van der Waals surface area contributed by atoms with Gasteiger partial charge in [-0.15, -0.1) is 0 Å². The van der Waals surface area contributed by atoms with Crippen molar-refractivity contribution in [3.8, 4) is 5.75 Å². The molecule has 5 rings (SSSR count). The number of thioether (sulfide) groups is 1. The molecule has 0 bridgehead atoms. The minimum absolute atomic E-state index is 0.0321. The highest BCUT2D eigenvalue weighted by Gasteiger charge is 2.54. The maximum atomic E-state index is 14.0. The third-order valence-corrected chi connectivity index (χ3v) is 9.20. The fraction of sp³-hybridized carbons (Fsp3) is 0.294. The van der Waals surface area contributed by atoms with E-state index in [-0.39, 0.29) is 29.9 Å². The maximum Gasteiger partial charge on any atom is 0.369 e. The Morgan fingerprint density at radius 3 is 2.18 bits per heavy atom. The van der Waals surface area contributed by atoms with E-state index in [0.717, 1.165) is 10.5 Å². The predicted octanol–water partition coefficient (Wildman–Crippen LogP) is 4.38. The maximum absolute atomic E-state index is 14.0. The van der Waals surface area contributed by atoms with Crippen molar-refractivity contribution in [2.45, 2.75) is 24.6 Å². The molecule has 0 saturated carbocycles. The van der Waals surface area contributed by atoms with Gasteiger partial charge in [-0.25, -0.2) is 9.59 Å². The number of non-ortho nitro benzene ring substituents is 1. The van der Waals surface area contributed by atoms with Crippen LogP contribution in [-0.2, 0) is 41.8 Å². The minimum Gasteiger partial charge on any atom is -0.484 e.